The predicted octanol–water partition coefficient (Wildman–Crippen LogP) is 3.14. The minimum Gasteiger partial charge on any atom is -0.450 e. The molecule has 0 radical (unpaired) electrons. The van der Waals surface area contributed by atoms with Crippen LogP contribution in [-0.2, 0) is 11.2 Å². The molecule has 2 aliphatic heterocycles. The van der Waals surface area contributed by atoms with Gasteiger partial charge in [0.25, 0.3) is 11.6 Å². The third-order valence-corrected chi connectivity index (χ3v) is 6.62. The molecule has 3 aromatic rings. The number of nitro groups is 1. The first-order chi connectivity index (χ1) is 16.5. The molecule has 1 atom stereocenters. The summed E-state index contributed by atoms with van der Waals surface area (Å²) < 4.78 is 11.4. The number of fused-ring (bicyclic) bond motifs is 2. The number of ether oxygens (including phenoxy) is 1. The Morgan fingerprint density at radius 3 is 2.47 bits per heavy atom. The van der Waals surface area contributed by atoms with Gasteiger partial charge in [-0.1, -0.05) is 13.0 Å². The Kier molecular flexibility index (Phi) is 5.89. The summed E-state index contributed by atoms with van der Waals surface area (Å²) in [4.78, 5) is 41.7. The van der Waals surface area contributed by atoms with E-state index in [0.717, 1.165) is 25.1 Å². The van der Waals surface area contributed by atoms with Gasteiger partial charge in [0.15, 0.2) is 5.43 Å². The number of aryl methyl sites for hydroxylation is 1. The van der Waals surface area contributed by atoms with Crippen molar-refractivity contribution in [3.63, 3.8) is 0 Å². The van der Waals surface area contributed by atoms with Crippen molar-refractivity contribution in [3.8, 4) is 0 Å². The molecule has 0 N–H and O–H groups in total. The fourth-order valence-electron chi connectivity index (χ4n) is 4.72. The van der Waals surface area contributed by atoms with Crippen LogP contribution in [0, 0.1) is 10.1 Å². The van der Waals surface area contributed by atoms with E-state index in [1.54, 1.807) is 23.1 Å². The van der Waals surface area contributed by atoms with Crippen LogP contribution in [0.15, 0.2) is 51.7 Å². The summed E-state index contributed by atoms with van der Waals surface area (Å²) in [6, 6.07) is 10.8. The Morgan fingerprint density at radius 2 is 1.79 bits per heavy atom. The fourth-order valence-corrected chi connectivity index (χ4v) is 4.72. The van der Waals surface area contributed by atoms with E-state index >= 15 is 0 Å². The molecule has 9 heteroatoms. The Balaban J connectivity index is 1.60. The lowest BCUT2D eigenvalue weighted by atomic mass is 9.97. The number of morpholine rings is 1. The second-order valence-electron chi connectivity index (χ2n) is 8.56. The third-order valence-electron chi connectivity index (χ3n) is 6.62. The Labute approximate surface area is 195 Å². The number of amides is 1. The number of non-ortho nitro benzene ring substituents is 1. The average Bonchev–Trinajstić information content (AvgIpc) is 3.15. The quantitative estimate of drug-likeness (QED) is 0.408. The minimum absolute atomic E-state index is 0.0482. The summed E-state index contributed by atoms with van der Waals surface area (Å²) in [6.45, 7) is 5.86. The normalized spacial score (nSPS) is 18.4. The van der Waals surface area contributed by atoms with Gasteiger partial charge in [-0.2, -0.15) is 0 Å². The highest BCUT2D eigenvalue weighted by Gasteiger charge is 2.42. The van der Waals surface area contributed by atoms with E-state index in [2.05, 4.69) is 4.90 Å². The summed E-state index contributed by atoms with van der Waals surface area (Å²) in [5.41, 5.74) is 2.02. The number of carbonyl (C=O) groups excluding carboxylic acids is 1. The second kappa shape index (κ2) is 9.00. The van der Waals surface area contributed by atoms with Crippen LogP contribution in [-0.4, -0.2) is 60.0 Å². The first-order valence-electron chi connectivity index (χ1n) is 11.4. The number of nitrogens with zero attached hydrogens (tertiary/aromatic N) is 3. The van der Waals surface area contributed by atoms with Crippen LogP contribution in [0.25, 0.3) is 11.0 Å². The molecule has 1 amide bonds. The van der Waals surface area contributed by atoms with Gasteiger partial charge in [-0.25, -0.2) is 0 Å². The molecule has 0 spiro atoms. The predicted molar refractivity (Wildman–Crippen MR) is 125 cm³/mol. The Morgan fingerprint density at radius 1 is 1.06 bits per heavy atom. The molecular weight excluding hydrogens is 438 g/mol. The van der Waals surface area contributed by atoms with Gasteiger partial charge in [0.2, 0.25) is 5.76 Å². The number of hydrogen-bond donors (Lipinski definition) is 0. The van der Waals surface area contributed by atoms with Crippen molar-refractivity contribution < 1.29 is 18.9 Å². The third kappa shape index (κ3) is 3.86. The molecule has 1 unspecified atom stereocenters. The monoisotopic (exact) mass is 463 g/mol. The molecule has 0 bridgehead atoms. The van der Waals surface area contributed by atoms with E-state index in [-0.39, 0.29) is 22.8 Å². The molecule has 2 aromatic carbocycles. The van der Waals surface area contributed by atoms with Crippen LogP contribution >= 0.6 is 0 Å². The zero-order chi connectivity index (χ0) is 23.8. The van der Waals surface area contributed by atoms with Gasteiger partial charge in [-0.05, 0) is 41.8 Å². The summed E-state index contributed by atoms with van der Waals surface area (Å²) >= 11 is 0. The molecule has 176 valence electrons. The van der Waals surface area contributed by atoms with Gasteiger partial charge >= 0.3 is 0 Å². The van der Waals surface area contributed by atoms with Gasteiger partial charge in [-0.3, -0.25) is 24.6 Å². The molecule has 1 fully saturated rings. The van der Waals surface area contributed by atoms with E-state index in [1.165, 1.54) is 12.1 Å². The highest BCUT2D eigenvalue weighted by molar-refractivity contribution is 5.99. The molecule has 9 nitrogen and oxygen atoms in total. The van der Waals surface area contributed by atoms with Crippen molar-refractivity contribution >= 4 is 22.6 Å². The van der Waals surface area contributed by atoms with Gasteiger partial charge in [0.1, 0.15) is 5.58 Å². The zero-order valence-electron chi connectivity index (χ0n) is 18.9. The molecule has 3 heterocycles. The van der Waals surface area contributed by atoms with Crippen LogP contribution in [0.1, 0.15) is 40.2 Å². The molecule has 2 aliphatic rings. The summed E-state index contributed by atoms with van der Waals surface area (Å²) in [6.07, 6.45) is 0.767. The highest BCUT2D eigenvalue weighted by Crippen LogP contribution is 2.38. The van der Waals surface area contributed by atoms with Crippen molar-refractivity contribution in [1.82, 2.24) is 9.80 Å². The number of hydrogen-bond acceptors (Lipinski definition) is 7. The first kappa shape index (κ1) is 22.2. The van der Waals surface area contributed by atoms with Crippen LogP contribution < -0.4 is 5.43 Å². The first-order valence-corrected chi connectivity index (χ1v) is 11.4. The standard InChI is InChI=1S/C25H25N3O6/c1-2-16-3-8-20-19(15-16)23(29)21-22(17-4-6-18(7-5-17)28(31)32)27(25(30)24(21)34-20)10-9-26-11-13-33-14-12-26/h3-8,15,22H,2,9-14H2,1H3. The van der Waals surface area contributed by atoms with Gasteiger partial charge < -0.3 is 14.1 Å². The molecule has 5 rings (SSSR count). The molecular formula is C25H25N3O6. The largest absolute Gasteiger partial charge is 0.450 e. The van der Waals surface area contributed by atoms with Crippen LogP contribution in [0.5, 0.6) is 0 Å². The Hall–Kier alpha value is -3.56. The highest BCUT2D eigenvalue weighted by atomic mass is 16.6. The molecule has 0 aliphatic carbocycles. The van der Waals surface area contributed by atoms with Gasteiger partial charge in [-0.15, -0.1) is 0 Å². The molecule has 1 saturated heterocycles. The van der Waals surface area contributed by atoms with Crippen molar-refractivity contribution in [2.24, 2.45) is 0 Å². The fraction of sp³-hybridized carbons (Fsp3) is 0.360. The molecule has 1 aromatic heterocycles. The number of nitro benzene ring substituents is 1. The van der Waals surface area contributed by atoms with E-state index in [4.69, 9.17) is 9.15 Å². The van der Waals surface area contributed by atoms with Crippen molar-refractivity contribution in [1.29, 1.82) is 0 Å². The number of carbonyl (C=O) groups is 1. The van der Waals surface area contributed by atoms with E-state index in [1.807, 2.05) is 19.1 Å². The summed E-state index contributed by atoms with van der Waals surface area (Å²) in [5, 5.41) is 11.6. The minimum atomic E-state index is -0.671. The second-order valence-corrected chi connectivity index (χ2v) is 8.56. The van der Waals surface area contributed by atoms with Gasteiger partial charge in [0, 0.05) is 38.3 Å². The summed E-state index contributed by atoms with van der Waals surface area (Å²) in [5.74, 6) is -0.294. The molecule has 34 heavy (non-hydrogen) atoms. The maximum Gasteiger partial charge on any atom is 0.290 e. The van der Waals surface area contributed by atoms with Gasteiger partial charge in [0.05, 0.1) is 35.1 Å². The van der Waals surface area contributed by atoms with E-state index < -0.39 is 11.0 Å². The number of rotatable bonds is 6. The number of benzene rings is 2. The SMILES string of the molecule is CCc1ccc2oc3c(c(=O)c2c1)C(c1ccc([N+](=O)[O-])cc1)N(CCN1CCOCC1)C3=O. The van der Waals surface area contributed by atoms with E-state index in [9.17, 15) is 19.7 Å². The lowest BCUT2D eigenvalue weighted by molar-refractivity contribution is -0.384. The van der Waals surface area contributed by atoms with Crippen LogP contribution in [0.4, 0.5) is 5.69 Å². The lowest BCUT2D eigenvalue weighted by Crippen LogP contribution is -2.42. The maximum atomic E-state index is 13.7. The Bertz CT molecular complexity index is 1310. The lowest BCUT2D eigenvalue weighted by Gasteiger charge is -2.31. The smallest absolute Gasteiger partial charge is 0.290 e. The average molecular weight is 463 g/mol. The molecule has 0 saturated carbocycles. The van der Waals surface area contributed by atoms with E-state index in [0.29, 0.717) is 48.4 Å². The maximum absolute atomic E-state index is 13.7. The van der Waals surface area contributed by atoms with Crippen LogP contribution in [0.3, 0.4) is 0 Å². The zero-order valence-corrected chi connectivity index (χ0v) is 18.9. The summed E-state index contributed by atoms with van der Waals surface area (Å²) in [7, 11) is 0. The van der Waals surface area contributed by atoms with Crippen molar-refractivity contribution in [3.05, 3.63) is 85.3 Å². The van der Waals surface area contributed by atoms with Crippen molar-refractivity contribution in [2.45, 2.75) is 19.4 Å². The van der Waals surface area contributed by atoms with Crippen LogP contribution in [0.2, 0.25) is 0 Å². The topological polar surface area (TPSA) is 106 Å². The van der Waals surface area contributed by atoms with Crippen molar-refractivity contribution in [2.75, 3.05) is 39.4 Å².